The maximum absolute atomic E-state index is 12.5. The maximum Gasteiger partial charge on any atom is 0.408 e. The third-order valence-electron chi connectivity index (χ3n) is 5.52. The lowest BCUT2D eigenvalue weighted by Crippen LogP contribution is -2.35. The van der Waals surface area contributed by atoms with Crippen LogP contribution in [0.1, 0.15) is 78.1 Å². The van der Waals surface area contributed by atoms with Crippen LogP contribution in [0.4, 0.5) is 4.79 Å². The van der Waals surface area contributed by atoms with E-state index in [0.717, 1.165) is 35.9 Å². The van der Waals surface area contributed by atoms with Gasteiger partial charge in [0.15, 0.2) is 0 Å². The number of hydrogen-bond donors (Lipinski definition) is 2. The highest BCUT2D eigenvalue weighted by Gasteiger charge is 2.22. The molecule has 0 aliphatic rings. The number of nitrogens with zero attached hydrogens (tertiary/aromatic N) is 1. The number of aromatic amines is 1. The Hall–Kier alpha value is -3.15. The minimum atomic E-state index is -0.575. The summed E-state index contributed by atoms with van der Waals surface area (Å²) in [5, 5.41) is 5.32. The van der Waals surface area contributed by atoms with Crippen LogP contribution in [0.2, 0.25) is 0 Å². The lowest BCUT2D eigenvalue weighted by Gasteiger charge is -2.23. The van der Waals surface area contributed by atoms with Gasteiger partial charge in [-0.05, 0) is 50.5 Å². The number of unbranched alkanes of at least 4 members (excludes halogenated alkanes) is 2. The summed E-state index contributed by atoms with van der Waals surface area (Å²) >= 11 is 0. The third-order valence-corrected chi connectivity index (χ3v) is 5.52. The molecule has 1 aromatic heterocycles. The van der Waals surface area contributed by atoms with E-state index in [1.54, 1.807) is 0 Å². The number of alkyl carbamates (subject to hydrolysis) is 1. The molecule has 0 saturated carbocycles. The van der Waals surface area contributed by atoms with Gasteiger partial charge in [-0.25, -0.2) is 9.78 Å². The molecule has 0 radical (unpaired) electrons. The van der Waals surface area contributed by atoms with Gasteiger partial charge in [0.1, 0.15) is 17.2 Å². The fourth-order valence-electron chi connectivity index (χ4n) is 3.77. The number of ketones is 1. The number of H-pyrrole nitrogens is 1. The predicted molar refractivity (Wildman–Crippen MR) is 132 cm³/mol. The summed E-state index contributed by atoms with van der Waals surface area (Å²) in [6, 6.07) is 14.2. The van der Waals surface area contributed by atoms with Crippen molar-refractivity contribution in [3.8, 4) is 11.3 Å². The van der Waals surface area contributed by atoms with Gasteiger partial charge in [0.2, 0.25) is 0 Å². The van der Waals surface area contributed by atoms with Crippen molar-refractivity contribution in [2.75, 3.05) is 0 Å². The molecule has 2 aromatic carbocycles. The molecule has 0 spiro atoms. The van der Waals surface area contributed by atoms with Crippen LogP contribution in [0.15, 0.2) is 48.7 Å². The van der Waals surface area contributed by atoms with Gasteiger partial charge >= 0.3 is 6.09 Å². The largest absolute Gasteiger partial charge is 0.444 e. The van der Waals surface area contributed by atoms with E-state index < -0.39 is 11.7 Å². The van der Waals surface area contributed by atoms with E-state index in [0.29, 0.717) is 30.9 Å². The molecule has 0 fully saturated rings. The molecule has 0 bridgehead atoms. The highest BCUT2D eigenvalue weighted by Crippen LogP contribution is 2.26. The van der Waals surface area contributed by atoms with Gasteiger partial charge in [-0.2, -0.15) is 0 Å². The molecule has 33 heavy (non-hydrogen) atoms. The topological polar surface area (TPSA) is 84.1 Å². The first-order valence-electron chi connectivity index (χ1n) is 11.8. The Morgan fingerprint density at radius 3 is 2.55 bits per heavy atom. The number of imidazole rings is 1. The average molecular weight is 450 g/mol. The number of Topliss-reactive ketones (excluding diaryl/α,β-unsaturated/α-hetero) is 1. The molecule has 176 valence electrons. The van der Waals surface area contributed by atoms with Crippen molar-refractivity contribution in [1.29, 1.82) is 0 Å². The van der Waals surface area contributed by atoms with Crippen LogP contribution in [0.5, 0.6) is 0 Å². The molecule has 1 amide bonds. The zero-order chi connectivity index (χ0) is 23.8. The number of carbonyl (C=O) groups is 2. The Labute approximate surface area is 196 Å². The zero-order valence-electron chi connectivity index (χ0n) is 20.1. The van der Waals surface area contributed by atoms with Crippen molar-refractivity contribution in [1.82, 2.24) is 15.3 Å². The van der Waals surface area contributed by atoms with Gasteiger partial charge in [-0.1, -0.05) is 56.2 Å². The van der Waals surface area contributed by atoms with E-state index in [9.17, 15) is 9.59 Å². The van der Waals surface area contributed by atoms with Crippen LogP contribution in [-0.2, 0) is 9.53 Å². The first-order chi connectivity index (χ1) is 15.7. The minimum absolute atomic E-state index is 0.295. The first-order valence-corrected chi connectivity index (χ1v) is 11.8. The van der Waals surface area contributed by atoms with Crippen LogP contribution in [0, 0.1) is 0 Å². The number of ether oxygens (including phenoxy) is 1. The number of aromatic nitrogens is 2. The Morgan fingerprint density at radius 2 is 1.82 bits per heavy atom. The van der Waals surface area contributed by atoms with E-state index >= 15 is 0 Å². The highest BCUT2D eigenvalue weighted by molar-refractivity contribution is 5.86. The second-order valence-electron chi connectivity index (χ2n) is 9.43. The van der Waals surface area contributed by atoms with Crippen LogP contribution >= 0.6 is 0 Å². The van der Waals surface area contributed by atoms with Crippen LogP contribution in [-0.4, -0.2) is 27.4 Å². The van der Waals surface area contributed by atoms with E-state index in [1.807, 2.05) is 46.0 Å². The molecule has 3 aromatic rings. The molecule has 2 N–H and O–H groups in total. The Morgan fingerprint density at radius 1 is 1.06 bits per heavy atom. The van der Waals surface area contributed by atoms with E-state index in [-0.39, 0.29) is 6.04 Å². The lowest BCUT2D eigenvalue weighted by atomic mass is 10.0. The molecular weight excluding hydrogens is 414 g/mol. The lowest BCUT2D eigenvalue weighted by molar-refractivity contribution is -0.118. The summed E-state index contributed by atoms with van der Waals surface area (Å²) in [6.07, 6.45) is 5.94. The average Bonchev–Trinajstić information content (AvgIpc) is 3.26. The van der Waals surface area contributed by atoms with Gasteiger partial charge in [0.05, 0.1) is 17.9 Å². The molecule has 1 atom stereocenters. The molecule has 0 saturated heterocycles. The van der Waals surface area contributed by atoms with Gasteiger partial charge in [0.25, 0.3) is 0 Å². The van der Waals surface area contributed by atoms with Crippen LogP contribution in [0.25, 0.3) is 22.0 Å². The number of hydrogen-bond acceptors (Lipinski definition) is 4. The Bertz CT molecular complexity index is 1080. The fourth-order valence-corrected chi connectivity index (χ4v) is 3.77. The molecule has 6 nitrogen and oxygen atoms in total. The summed E-state index contributed by atoms with van der Waals surface area (Å²) in [4.78, 5) is 32.0. The molecular formula is C27H35N3O3. The van der Waals surface area contributed by atoms with Gasteiger partial charge in [-0.3, -0.25) is 4.79 Å². The molecule has 0 aliphatic heterocycles. The van der Waals surface area contributed by atoms with Crippen molar-refractivity contribution in [3.63, 3.8) is 0 Å². The zero-order valence-corrected chi connectivity index (χ0v) is 20.1. The number of rotatable bonds is 10. The smallest absolute Gasteiger partial charge is 0.408 e. The predicted octanol–water partition coefficient (Wildman–Crippen LogP) is 6.73. The number of nitrogens with one attached hydrogen (secondary N) is 2. The molecule has 0 aliphatic carbocycles. The van der Waals surface area contributed by atoms with Crippen molar-refractivity contribution in [2.45, 2.75) is 77.9 Å². The number of amides is 1. The number of carbonyl (C=O) groups excluding carboxylic acids is 2. The third kappa shape index (κ3) is 7.45. The van der Waals surface area contributed by atoms with E-state index in [1.165, 1.54) is 5.39 Å². The van der Waals surface area contributed by atoms with Crippen molar-refractivity contribution in [2.24, 2.45) is 0 Å². The SMILES string of the molecule is CCC(=O)CCCCC[C@H](NC(=O)OC(C)(C)C)c1ncc(-c2ccc3ccccc3c2)[nH]1. The van der Waals surface area contributed by atoms with Crippen molar-refractivity contribution < 1.29 is 14.3 Å². The van der Waals surface area contributed by atoms with Gasteiger partial charge in [-0.15, -0.1) is 0 Å². The number of benzene rings is 2. The summed E-state index contributed by atoms with van der Waals surface area (Å²) in [5.41, 5.74) is 1.37. The molecule has 3 rings (SSSR count). The highest BCUT2D eigenvalue weighted by atomic mass is 16.6. The summed E-state index contributed by atoms with van der Waals surface area (Å²) < 4.78 is 5.47. The summed E-state index contributed by atoms with van der Waals surface area (Å²) in [5.74, 6) is 0.998. The van der Waals surface area contributed by atoms with Crippen LogP contribution in [0.3, 0.4) is 0 Å². The second kappa shape index (κ2) is 11.1. The normalized spacial score (nSPS) is 12.5. The first kappa shape index (κ1) is 24.5. The fraction of sp³-hybridized carbons (Fsp3) is 0.444. The summed E-state index contributed by atoms with van der Waals surface area (Å²) in [7, 11) is 0. The standard InChI is InChI=1S/C27H35N3O3/c1-5-22(31)13-7-6-8-14-23(30-26(32)33-27(2,3)4)25-28-18-24(29-25)21-16-15-19-11-9-10-12-20(19)17-21/h9-12,15-18,23H,5-8,13-14H2,1-4H3,(H,28,29)(H,30,32)/t23-/m0/s1. The molecule has 0 unspecified atom stereocenters. The van der Waals surface area contributed by atoms with E-state index in [4.69, 9.17) is 4.74 Å². The second-order valence-corrected chi connectivity index (χ2v) is 9.43. The number of fused-ring (bicyclic) bond motifs is 1. The minimum Gasteiger partial charge on any atom is -0.444 e. The van der Waals surface area contributed by atoms with Crippen molar-refractivity contribution >= 4 is 22.6 Å². The van der Waals surface area contributed by atoms with Gasteiger partial charge < -0.3 is 15.0 Å². The monoisotopic (exact) mass is 449 g/mol. The Balaban J connectivity index is 1.72. The summed E-state index contributed by atoms with van der Waals surface area (Å²) in [6.45, 7) is 7.43. The maximum atomic E-state index is 12.5. The van der Waals surface area contributed by atoms with Crippen LogP contribution < -0.4 is 5.32 Å². The molecule has 1 heterocycles. The van der Waals surface area contributed by atoms with E-state index in [2.05, 4.69) is 45.6 Å². The quantitative estimate of drug-likeness (QED) is 0.336. The Kier molecular flexibility index (Phi) is 8.26. The van der Waals surface area contributed by atoms with Crippen molar-refractivity contribution in [3.05, 3.63) is 54.5 Å². The molecule has 6 heteroatoms. The van der Waals surface area contributed by atoms with Gasteiger partial charge in [0, 0.05) is 18.4 Å².